The number of halogens is 1. The molecule has 0 aromatic carbocycles. The number of aromatic nitrogens is 2. The van der Waals surface area contributed by atoms with Crippen LogP contribution in [0, 0.1) is 10.1 Å². The van der Waals surface area contributed by atoms with Gasteiger partial charge < -0.3 is 0 Å². The van der Waals surface area contributed by atoms with Gasteiger partial charge in [0.2, 0.25) is 0 Å². The molecule has 0 spiro atoms. The predicted molar refractivity (Wildman–Crippen MR) is 54.1 cm³/mol. The first kappa shape index (κ1) is 11.6. The first-order chi connectivity index (χ1) is 7.02. The fraction of sp³-hybridized carbons (Fsp3) is 0.500. The number of nitro groups is 1. The number of nitrogens with zero attached hydrogens (tertiary/aromatic N) is 3. The summed E-state index contributed by atoms with van der Waals surface area (Å²) >= 11 is 5.30. The highest BCUT2D eigenvalue weighted by atomic mass is 35.5. The van der Waals surface area contributed by atoms with Crippen LogP contribution < -0.4 is 0 Å². The van der Waals surface area contributed by atoms with Crippen LogP contribution in [0.15, 0.2) is 0 Å². The lowest BCUT2D eigenvalue weighted by Crippen LogP contribution is -2.06. The Balaban J connectivity index is 3.48. The fourth-order valence-electron chi connectivity index (χ4n) is 1.36. The molecule has 0 aliphatic heterocycles. The van der Waals surface area contributed by atoms with Crippen LogP contribution in [0.1, 0.15) is 30.0 Å². The largest absolute Gasteiger partial charge is 0.322 e. The van der Waals surface area contributed by atoms with Gasteiger partial charge in [0.25, 0.3) is 5.24 Å². The van der Waals surface area contributed by atoms with E-state index in [1.807, 2.05) is 0 Å². The van der Waals surface area contributed by atoms with Crippen molar-refractivity contribution in [1.82, 2.24) is 9.78 Å². The maximum atomic E-state index is 11.1. The molecule has 0 aliphatic carbocycles. The lowest BCUT2D eigenvalue weighted by Gasteiger charge is -1.97. The minimum Gasteiger partial charge on any atom is -0.274 e. The molecule has 0 aliphatic rings. The van der Waals surface area contributed by atoms with E-state index in [1.54, 1.807) is 13.8 Å². The van der Waals surface area contributed by atoms with Crippen molar-refractivity contribution >= 4 is 22.5 Å². The van der Waals surface area contributed by atoms with Crippen LogP contribution in [0.25, 0.3) is 0 Å². The second-order valence-corrected chi connectivity index (χ2v) is 3.19. The molecule has 1 aromatic heterocycles. The predicted octanol–water partition coefficient (Wildman–Crippen LogP) is 1.75. The fourth-order valence-corrected chi connectivity index (χ4v) is 1.54. The number of aryl methyl sites for hydroxylation is 2. The van der Waals surface area contributed by atoms with Gasteiger partial charge in [-0.2, -0.15) is 5.10 Å². The summed E-state index contributed by atoms with van der Waals surface area (Å²) < 4.78 is 1.26. The van der Waals surface area contributed by atoms with Gasteiger partial charge in [-0.3, -0.25) is 19.6 Å². The Morgan fingerprint density at radius 2 is 2.20 bits per heavy atom. The third kappa shape index (κ3) is 1.99. The first-order valence-electron chi connectivity index (χ1n) is 4.46. The minimum atomic E-state index is -0.851. The molecule has 15 heavy (non-hydrogen) atoms. The minimum absolute atomic E-state index is 0.138. The normalized spacial score (nSPS) is 10.3. The molecule has 0 saturated heterocycles. The van der Waals surface area contributed by atoms with Crippen molar-refractivity contribution in [3.05, 3.63) is 21.5 Å². The Bertz CT molecular complexity index is 377. The van der Waals surface area contributed by atoms with Crippen molar-refractivity contribution in [2.24, 2.45) is 0 Å². The van der Waals surface area contributed by atoms with E-state index in [-0.39, 0.29) is 17.1 Å². The summed E-state index contributed by atoms with van der Waals surface area (Å²) in [6.07, 6.45) is 0.389. The molecule has 6 nitrogen and oxygen atoms in total. The highest BCUT2D eigenvalue weighted by Gasteiger charge is 2.29. The molecule has 7 heteroatoms. The molecule has 1 aromatic rings. The summed E-state index contributed by atoms with van der Waals surface area (Å²) in [4.78, 5) is 21.2. The molecule has 0 unspecified atom stereocenters. The summed E-state index contributed by atoms with van der Waals surface area (Å²) in [5.74, 6) is 0. The highest BCUT2D eigenvalue weighted by Crippen LogP contribution is 2.25. The molecular weight excluding hydrogens is 222 g/mol. The lowest BCUT2D eigenvalue weighted by molar-refractivity contribution is -0.385. The van der Waals surface area contributed by atoms with Crippen molar-refractivity contribution in [3.8, 4) is 0 Å². The molecule has 0 fully saturated rings. The van der Waals surface area contributed by atoms with Crippen LogP contribution in [0.2, 0.25) is 0 Å². The number of hydrogen-bond acceptors (Lipinski definition) is 4. The quantitative estimate of drug-likeness (QED) is 0.449. The van der Waals surface area contributed by atoms with Crippen LogP contribution in [0.3, 0.4) is 0 Å². The Hall–Kier alpha value is -1.43. The Morgan fingerprint density at radius 3 is 2.53 bits per heavy atom. The van der Waals surface area contributed by atoms with Crippen molar-refractivity contribution < 1.29 is 9.72 Å². The van der Waals surface area contributed by atoms with Crippen LogP contribution in [0.4, 0.5) is 5.69 Å². The van der Waals surface area contributed by atoms with Crippen LogP contribution in [0.5, 0.6) is 0 Å². The average Bonchev–Trinajstić information content (AvgIpc) is 2.55. The zero-order valence-corrected chi connectivity index (χ0v) is 9.11. The molecule has 0 atom stereocenters. The monoisotopic (exact) mass is 231 g/mol. The van der Waals surface area contributed by atoms with E-state index in [9.17, 15) is 14.9 Å². The molecule has 0 amide bonds. The molecule has 1 rings (SSSR count). The number of rotatable bonds is 4. The van der Waals surface area contributed by atoms with Gasteiger partial charge in [-0.25, -0.2) is 0 Å². The van der Waals surface area contributed by atoms with Gasteiger partial charge in [-0.15, -0.1) is 0 Å². The molecule has 0 bridgehead atoms. The topological polar surface area (TPSA) is 78.0 Å². The van der Waals surface area contributed by atoms with Crippen LogP contribution in [-0.2, 0) is 13.0 Å². The standard InChI is InChI=1S/C8H10ClN3O3/c1-3-5-6(12(14)15)7(8(9)13)11(4-2)10-5/h3-4H2,1-2H3. The van der Waals surface area contributed by atoms with E-state index in [2.05, 4.69) is 5.10 Å². The van der Waals surface area contributed by atoms with Crippen molar-refractivity contribution in [2.75, 3.05) is 0 Å². The maximum absolute atomic E-state index is 11.1. The number of carbonyl (C=O) groups is 1. The summed E-state index contributed by atoms with van der Waals surface area (Å²) in [5.41, 5.74) is -0.133. The van der Waals surface area contributed by atoms with E-state index in [4.69, 9.17) is 11.6 Å². The van der Waals surface area contributed by atoms with Crippen molar-refractivity contribution in [2.45, 2.75) is 26.8 Å². The van der Waals surface area contributed by atoms with Crippen LogP contribution in [-0.4, -0.2) is 19.9 Å². The molecule has 0 saturated carbocycles. The van der Waals surface area contributed by atoms with Gasteiger partial charge in [0.1, 0.15) is 5.69 Å². The summed E-state index contributed by atoms with van der Waals surface area (Å²) in [6.45, 7) is 3.84. The number of carbonyl (C=O) groups excluding carboxylic acids is 1. The van der Waals surface area contributed by atoms with Crippen molar-refractivity contribution in [3.63, 3.8) is 0 Å². The van der Waals surface area contributed by atoms with Gasteiger partial charge >= 0.3 is 5.69 Å². The Morgan fingerprint density at radius 1 is 1.60 bits per heavy atom. The number of hydrogen-bond donors (Lipinski definition) is 0. The van der Waals surface area contributed by atoms with Gasteiger partial charge in [0.15, 0.2) is 5.69 Å². The highest BCUT2D eigenvalue weighted by molar-refractivity contribution is 6.68. The Kier molecular flexibility index (Phi) is 3.41. The summed E-state index contributed by atoms with van der Waals surface area (Å²) in [5, 5.41) is 13.9. The average molecular weight is 232 g/mol. The Labute approximate surface area is 91.0 Å². The summed E-state index contributed by atoms with van der Waals surface area (Å²) in [7, 11) is 0. The molecule has 0 radical (unpaired) electrons. The van der Waals surface area contributed by atoms with E-state index >= 15 is 0 Å². The first-order valence-corrected chi connectivity index (χ1v) is 4.84. The smallest absolute Gasteiger partial charge is 0.274 e. The third-order valence-corrected chi connectivity index (χ3v) is 2.18. The second-order valence-electron chi connectivity index (χ2n) is 2.84. The van der Waals surface area contributed by atoms with Gasteiger partial charge in [-0.1, -0.05) is 6.92 Å². The lowest BCUT2D eigenvalue weighted by atomic mass is 10.2. The van der Waals surface area contributed by atoms with E-state index in [0.717, 1.165) is 0 Å². The molecule has 82 valence electrons. The molecular formula is C8H10ClN3O3. The van der Waals surface area contributed by atoms with E-state index in [1.165, 1.54) is 4.68 Å². The zero-order valence-electron chi connectivity index (χ0n) is 8.36. The van der Waals surface area contributed by atoms with Gasteiger partial charge in [-0.05, 0) is 24.9 Å². The van der Waals surface area contributed by atoms with Gasteiger partial charge in [0, 0.05) is 6.54 Å². The van der Waals surface area contributed by atoms with Crippen molar-refractivity contribution in [1.29, 1.82) is 0 Å². The van der Waals surface area contributed by atoms with E-state index < -0.39 is 10.2 Å². The maximum Gasteiger partial charge on any atom is 0.322 e. The SMILES string of the molecule is CCc1nn(CC)c(C(=O)Cl)c1[N+](=O)[O-]. The molecule has 1 heterocycles. The second kappa shape index (κ2) is 4.39. The molecule has 0 N–H and O–H groups in total. The van der Waals surface area contributed by atoms with Crippen LogP contribution >= 0.6 is 11.6 Å². The van der Waals surface area contributed by atoms with Gasteiger partial charge in [0.05, 0.1) is 4.92 Å². The summed E-state index contributed by atoms with van der Waals surface area (Å²) in [6, 6.07) is 0. The van der Waals surface area contributed by atoms with E-state index in [0.29, 0.717) is 13.0 Å². The third-order valence-electron chi connectivity index (χ3n) is 2.00. The zero-order chi connectivity index (χ0) is 11.6.